The summed E-state index contributed by atoms with van der Waals surface area (Å²) in [5, 5.41) is 2.53. The smallest absolute Gasteiger partial charge is 0.378 e. The van der Waals surface area contributed by atoms with Gasteiger partial charge in [0.15, 0.2) is 5.17 Å². The standard InChI is InChI=1S/C18H15ClF3N5OS/c1-9-7-17(2,27-16(23)29-9)13-6-11(3-4-24-13)26-15(28)14-12(18(20,21)22)5-10(19)8-25-14/h3-6,8H,1,7H2,2H3,(H2,23,27)(H,24,26,28). The number of nitrogens with two attached hydrogens (primary N) is 1. The number of amidine groups is 1. The van der Waals surface area contributed by atoms with Crippen LogP contribution in [0.3, 0.4) is 0 Å². The molecule has 1 amide bonds. The van der Waals surface area contributed by atoms with E-state index < -0.39 is 28.9 Å². The second kappa shape index (κ2) is 7.68. The molecule has 29 heavy (non-hydrogen) atoms. The SMILES string of the molecule is C=C1CC(C)(c2cc(NC(=O)c3ncc(Cl)cc3C(F)(F)F)ccn2)N=C(N)S1. The molecule has 0 saturated carbocycles. The molecule has 0 fully saturated rings. The van der Waals surface area contributed by atoms with E-state index in [9.17, 15) is 18.0 Å². The summed E-state index contributed by atoms with van der Waals surface area (Å²) in [5.41, 5.74) is 3.75. The molecular weight excluding hydrogens is 427 g/mol. The van der Waals surface area contributed by atoms with E-state index >= 15 is 0 Å². The zero-order chi connectivity index (χ0) is 21.4. The van der Waals surface area contributed by atoms with Crippen molar-refractivity contribution in [2.24, 2.45) is 10.7 Å². The van der Waals surface area contributed by atoms with E-state index in [4.69, 9.17) is 17.3 Å². The Bertz CT molecular complexity index is 1030. The lowest BCUT2D eigenvalue weighted by molar-refractivity contribution is -0.138. The van der Waals surface area contributed by atoms with Crippen LogP contribution in [0.2, 0.25) is 5.02 Å². The van der Waals surface area contributed by atoms with E-state index in [1.807, 2.05) is 0 Å². The highest BCUT2D eigenvalue weighted by atomic mass is 35.5. The molecule has 0 saturated heterocycles. The van der Waals surface area contributed by atoms with Crippen molar-refractivity contribution < 1.29 is 18.0 Å². The number of aliphatic imine (C=N–C) groups is 1. The van der Waals surface area contributed by atoms with Crippen LogP contribution in [0.4, 0.5) is 18.9 Å². The Hall–Kier alpha value is -2.59. The van der Waals surface area contributed by atoms with Crippen molar-refractivity contribution in [1.82, 2.24) is 9.97 Å². The van der Waals surface area contributed by atoms with Crippen molar-refractivity contribution in [3.05, 3.63) is 64.1 Å². The molecule has 2 aromatic rings. The highest BCUT2D eigenvalue weighted by Gasteiger charge is 2.37. The van der Waals surface area contributed by atoms with Gasteiger partial charge >= 0.3 is 6.18 Å². The predicted octanol–water partition coefficient (Wildman–Crippen LogP) is 4.58. The number of anilines is 1. The Balaban J connectivity index is 1.91. The largest absolute Gasteiger partial charge is 0.418 e. The van der Waals surface area contributed by atoms with Gasteiger partial charge < -0.3 is 11.1 Å². The molecule has 1 aliphatic heterocycles. The van der Waals surface area contributed by atoms with Crippen molar-refractivity contribution in [3.63, 3.8) is 0 Å². The molecule has 0 radical (unpaired) electrons. The number of carbonyl (C=O) groups excluding carboxylic acids is 1. The van der Waals surface area contributed by atoms with Crippen LogP contribution in [-0.2, 0) is 11.7 Å². The summed E-state index contributed by atoms with van der Waals surface area (Å²) in [4.78, 5) is 25.5. The fourth-order valence-corrected chi connectivity index (χ4v) is 3.90. The number of nitrogens with zero attached hydrogens (tertiary/aromatic N) is 3. The lowest BCUT2D eigenvalue weighted by atomic mass is 9.93. The lowest BCUT2D eigenvalue weighted by Crippen LogP contribution is -2.29. The number of hydrogen-bond donors (Lipinski definition) is 2. The van der Waals surface area contributed by atoms with Crippen molar-refractivity contribution >= 4 is 40.1 Å². The van der Waals surface area contributed by atoms with Gasteiger partial charge in [-0.15, -0.1) is 0 Å². The maximum atomic E-state index is 13.2. The van der Waals surface area contributed by atoms with E-state index in [1.165, 1.54) is 30.1 Å². The quantitative estimate of drug-likeness (QED) is 0.727. The average Bonchev–Trinajstić information content (AvgIpc) is 2.60. The first-order chi connectivity index (χ1) is 13.5. The summed E-state index contributed by atoms with van der Waals surface area (Å²) in [7, 11) is 0. The number of thioether (sulfide) groups is 1. The third-order valence-electron chi connectivity index (χ3n) is 4.09. The molecule has 3 heterocycles. The third-order valence-corrected chi connectivity index (χ3v) is 5.03. The Morgan fingerprint density at radius 2 is 2.10 bits per heavy atom. The fourth-order valence-electron chi connectivity index (χ4n) is 2.85. The molecule has 0 bridgehead atoms. The number of alkyl halides is 3. The molecule has 0 aliphatic carbocycles. The molecule has 11 heteroatoms. The second-order valence-corrected chi connectivity index (χ2v) is 8.11. The topological polar surface area (TPSA) is 93.3 Å². The summed E-state index contributed by atoms with van der Waals surface area (Å²) >= 11 is 6.87. The maximum absolute atomic E-state index is 13.2. The van der Waals surface area contributed by atoms with E-state index in [0.29, 0.717) is 23.3 Å². The highest BCUT2D eigenvalue weighted by molar-refractivity contribution is 8.17. The molecule has 6 nitrogen and oxygen atoms in total. The monoisotopic (exact) mass is 441 g/mol. The normalized spacial score (nSPS) is 19.6. The van der Waals surface area contributed by atoms with Gasteiger partial charge in [0.1, 0.15) is 11.2 Å². The van der Waals surface area contributed by atoms with Gasteiger partial charge in [-0.3, -0.25) is 9.78 Å². The molecule has 3 N–H and O–H groups in total. The van der Waals surface area contributed by atoms with Crippen molar-refractivity contribution in [2.45, 2.75) is 25.1 Å². The Morgan fingerprint density at radius 1 is 1.38 bits per heavy atom. The molecule has 0 aromatic carbocycles. The highest BCUT2D eigenvalue weighted by Crippen LogP contribution is 2.40. The van der Waals surface area contributed by atoms with Gasteiger partial charge in [0.2, 0.25) is 0 Å². The minimum Gasteiger partial charge on any atom is -0.378 e. The van der Waals surface area contributed by atoms with Gasteiger partial charge in [0.25, 0.3) is 5.91 Å². The number of halogens is 4. The Labute approximate surface area is 173 Å². The summed E-state index contributed by atoms with van der Waals surface area (Å²) in [6.07, 6.45) is -1.91. The fraction of sp³-hybridized carbons (Fsp3) is 0.222. The van der Waals surface area contributed by atoms with E-state index in [-0.39, 0.29) is 10.7 Å². The van der Waals surface area contributed by atoms with Gasteiger partial charge in [-0.2, -0.15) is 13.2 Å². The van der Waals surface area contributed by atoms with Crippen LogP contribution >= 0.6 is 23.4 Å². The number of rotatable bonds is 3. The van der Waals surface area contributed by atoms with E-state index in [0.717, 1.165) is 11.1 Å². The second-order valence-electron chi connectivity index (χ2n) is 6.47. The van der Waals surface area contributed by atoms with Gasteiger partial charge in [0, 0.05) is 24.5 Å². The van der Waals surface area contributed by atoms with Crippen molar-refractivity contribution in [3.8, 4) is 0 Å². The van der Waals surface area contributed by atoms with E-state index in [1.54, 1.807) is 6.92 Å². The van der Waals surface area contributed by atoms with Crippen LogP contribution in [-0.4, -0.2) is 21.0 Å². The Morgan fingerprint density at radius 3 is 2.76 bits per heavy atom. The molecule has 152 valence electrons. The van der Waals surface area contributed by atoms with Gasteiger partial charge in [-0.25, -0.2) is 9.98 Å². The van der Waals surface area contributed by atoms with Gasteiger partial charge in [0.05, 0.1) is 16.3 Å². The predicted molar refractivity (Wildman–Crippen MR) is 107 cm³/mol. The maximum Gasteiger partial charge on any atom is 0.418 e. The zero-order valence-corrected chi connectivity index (χ0v) is 16.6. The first kappa shape index (κ1) is 21.1. The molecule has 1 atom stereocenters. The summed E-state index contributed by atoms with van der Waals surface area (Å²) < 4.78 is 39.7. The van der Waals surface area contributed by atoms with Crippen LogP contribution in [0.5, 0.6) is 0 Å². The van der Waals surface area contributed by atoms with Crippen molar-refractivity contribution in [1.29, 1.82) is 0 Å². The number of amides is 1. The number of hydrogen-bond acceptors (Lipinski definition) is 6. The molecule has 0 spiro atoms. The molecule has 1 unspecified atom stereocenters. The molecule has 3 rings (SSSR count). The van der Waals surface area contributed by atoms with Crippen LogP contribution in [0.15, 0.2) is 47.1 Å². The Kier molecular flexibility index (Phi) is 5.59. The molecular formula is C18H15ClF3N5OS. The van der Waals surface area contributed by atoms with Crippen LogP contribution < -0.4 is 11.1 Å². The zero-order valence-electron chi connectivity index (χ0n) is 15.0. The molecule has 1 aliphatic rings. The summed E-state index contributed by atoms with van der Waals surface area (Å²) in [5.74, 6) is -1.03. The van der Waals surface area contributed by atoms with Crippen LogP contribution in [0.1, 0.15) is 35.1 Å². The first-order valence-corrected chi connectivity index (χ1v) is 9.39. The lowest BCUT2D eigenvalue weighted by Gasteiger charge is -2.30. The van der Waals surface area contributed by atoms with Crippen LogP contribution in [0, 0.1) is 0 Å². The summed E-state index contributed by atoms with van der Waals surface area (Å²) in [6.45, 7) is 5.72. The van der Waals surface area contributed by atoms with E-state index in [2.05, 4.69) is 26.9 Å². The van der Waals surface area contributed by atoms with Crippen LogP contribution in [0.25, 0.3) is 0 Å². The number of carbonyl (C=O) groups is 1. The molecule has 2 aromatic heterocycles. The number of nitrogens with one attached hydrogen (secondary N) is 1. The van der Waals surface area contributed by atoms with Crippen molar-refractivity contribution in [2.75, 3.05) is 5.32 Å². The number of pyridine rings is 2. The number of aromatic nitrogens is 2. The van der Waals surface area contributed by atoms with Gasteiger partial charge in [-0.1, -0.05) is 29.9 Å². The minimum atomic E-state index is -4.78. The minimum absolute atomic E-state index is 0.223. The average molecular weight is 442 g/mol. The first-order valence-electron chi connectivity index (χ1n) is 8.19. The van der Waals surface area contributed by atoms with Gasteiger partial charge in [-0.05, 0) is 30.0 Å². The third kappa shape index (κ3) is 4.70. The summed E-state index contributed by atoms with van der Waals surface area (Å²) in [6, 6.07) is 3.64.